The molecular weight excluding hydrogens is 236 g/mol. The van der Waals surface area contributed by atoms with Crippen molar-refractivity contribution in [1.82, 2.24) is 9.78 Å². The van der Waals surface area contributed by atoms with E-state index in [4.69, 9.17) is 4.74 Å². The number of unbranched alkanes of at least 4 members (excludes halogenated alkanes) is 1. The lowest BCUT2D eigenvalue weighted by molar-refractivity contribution is 0.317. The predicted octanol–water partition coefficient (Wildman–Crippen LogP) is 4.00. The lowest BCUT2D eigenvalue weighted by Crippen LogP contribution is -1.98. The summed E-state index contributed by atoms with van der Waals surface area (Å²) in [4.78, 5) is 0. The summed E-state index contributed by atoms with van der Waals surface area (Å²) in [6, 6.07) is 10.2. The number of rotatable bonds is 7. The molecule has 0 spiro atoms. The number of benzene rings is 1. The standard InChI is InChI=1S/C16H22N2O/c1-3-5-6-14-11-12-18(17-14)15-7-9-16(10-8-15)19-13-4-2/h7-12H,3-6,13H2,1-2H3. The van der Waals surface area contributed by atoms with Crippen LogP contribution in [0, 0.1) is 0 Å². The van der Waals surface area contributed by atoms with E-state index >= 15 is 0 Å². The predicted molar refractivity (Wildman–Crippen MR) is 78.0 cm³/mol. The highest BCUT2D eigenvalue weighted by molar-refractivity contribution is 5.36. The molecule has 0 saturated heterocycles. The Labute approximate surface area is 115 Å². The molecule has 1 aromatic heterocycles. The van der Waals surface area contributed by atoms with Crippen molar-refractivity contribution < 1.29 is 4.74 Å². The second-order valence-corrected chi connectivity index (χ2v) is 4.70. The minimum absolute atomic E-state index is 0.766. The third-order valence-electron chi connectivity index (χ3n) is 3.00. The maximum absolute atomic E-state index is 5.57. The zero-order valence-electron chi connectivity index (χ0n) is 11.8. The normalized spacial score (nSPS) is 10.6. The van der Waals surface area contributed by atoms with Gasteiger partial charge < -0.3 is 4.74 Å². The van der Waals surface area contributed by atoms with Gasteiger partial charge in [0.05, 0.1) is 18.0 Å². The van der Waals surface area contributed by atoms with Crippen molar-refractivity contribution in [2.24, 2.45) is 0 Å². The van der Waals surface area contributed by atoms with Crippen molar-refractivity contribution in [1.29, 1.82) is 0 Å². The van der Waals surface area contributed by atoms with Crippen LogP contribution in [0.5, 0.6) is 5.75 Å². The van der Waals surface area contributed by atoms with E-state index in [2.05, 4.69) is 25.0 Å². The summed E-state index contributed by atoms with van der Waals surface area (Å²) in [5, 5.41) is 4.59. The fourth-order valence-electron chi connectivity index (χ4n) is 1.91. The van der Waals surface area contributed by atoms with E-state index in [0.29, 0.717) is 0 Å². The fraction of sp³-hybridized carbons (Fsp3) is 0.438. The van der Waals surface area contributed by atoms with Gasteiger partial charge in [-0.1, -0.05) is 20.3 Å². The highest BCUT2D eigenvalue weighted by atomic mass is 16.5. The SMILES string of the molecule is CCCCc1ccn(-c2ccc(OCCC)cc2)n1. The zero-order chi connectivity index (χ0) is 13.5. The molecule has 3 heteroatoms. The summed E-state index contributed by atoms with van der Waals surface area (Å²) in [5.74, 6) is 0.920. The second kappa shape index (κ2) is 6.98. The Morgan fingerprint density at radius 2 is 1.84 bits per heavy atom. The number of hydrogen-bond donors (Lipinski definition) is 0. The molecule has 102 valence electrons. The van der Waals surface area contributed by atoms with E-state index < -0.39 is 0 Å². The lowest BCUT2D eigenvalue weighted by atomic mass is 10.2. The molecule has 0 atom stereocenters. The minimum atomic E-state index is 0.766. The van der Waals surface area contributed by atoms with Gasteiger partial charge in [-0.3, -0.25) is 0 Å². The topological polar surface area (TPSA) is 27.1 Å². The molecule has 0 radical (unpaired) electrons. The highest BCUT2D eigenvalue weighted by Crippen LogP contribution is 2.15. The number of nitrogens with zero attached hydrogens (tertiary/aromatic N) is 2. The van der Waals surface area contributed by atoms with E-state index in [9.17, 15) is 0 Å². The quantitative estimate of drug-likeness (QED) is 0.750. The van der Waals surface area contributed by atoms with Crippen LogP contribution < -0.4 is 4.74 Å². The Balaban J connectivity index is 2.02. The van der Waals surface area contributed by atoms with Gasteiger partial charge in [0.15, 0.2) is 0 Å². The molecule has 0 bridgehead atoms. The maximum Gasteiger partial charge on any atom is 0.119 e. The van der Waals surface area contributed by atoms with Crippen molar-refractivity contribution in [3.8, 4) is 11.4 Å². The summed E-state index contributed by atoms with van der Waals surface area (Å²) in [6.45, 7) is 5.07. The van der Waals surface area contributed by atoms with Gasteiger partial charge in [0.25, 0.3) is 0 Å². The van der Waals surface area contributed by atoms with Crippen LogP contribution in [0.4, 0.5) is 0 Å². The van der Waals surface area contributed by atoms with E-state index in [1.165, 1.54) is 12.8 Å². The molecule has 0 aliphatic rings. The van der Waals surface area contributed by atoms with E-state index in [-0.39, 0.29) is 0 Å². The van der Waals surface area contributed by atoms with Crippen LogP contribution in [0.15, 0.2) is 36.5 Å². The average Bonchev–Trinajstić information content (AvgIpc) is 2.92. The molecule has 2 rings (SSSR count). The minimum Gasteiger partial charge on any atom is -0.494 e. The van der Waals surface area contributed by atoms with Crippen LogP contribution in [0.25, 0.3) is 5.69 Å². The van der Waals surface area contributed by atoms with Crippen LogP contribution in [0.3, 0.4) is 0 Å². The van der Waals surface area contributed by atoms with E-state index in [1.807, 2.05) is 35.1 Å². The number of aromatic nitrogens is 2. The van der Waals surface area contributed by atoms with Crippen molar-refractivity contribution in [3.63, 3.8) is 0 Å². The summed E-state index contributed by atoms with van der Waals surface area (Å²) in [7, 11) is 0. The summed E-state index contributed by atoms with van der Waals surface area (Å²) >= 11 is 0. The van der Waals surface area contributed by atoms with E-state index in [1.54, 1.807) is 0 Å². The van der Waals surface area contributed by atoms with Gasteiger partial charge in [-0.15, -0.1) is 0 Å². The summed E-state index contributed by atoms with van der Waals surface area (Å²) in [5.41, 5.74) is 2.24. The van der Waals surface area contributed by atoms with Crippen LogP contribution in [-0.2, 0) is 6.42 Å². The number of aryl methyl sites for hydroxylation is 1. The van der Waals surface area contributed by atoms with E-state index in [0.717, 1.165) is 36.6 Å². The molecule has 1 aromatic carbocycles. The molecule has 2 aromatic rings. The molecule has 0 unspecified atom stereocenters. The van der Waals surface area contributed by atoms with Gasteiger partial charge in [0.1, 0.15) is 5.75 Å². The molecule has 0 saturated carbocycles. The van der Waals surface area contributed by atoms with Gasteiger partial charge in [0, 0.05) is 6.20 Å². The lowest BCUT2D eigenvalue weighted by Gasteiger charge is -2.06. The van der Waals surface area contributed by atoms with Gasteiger partial charge in [-0.05, 0) is 49.6 Å². The van der Waals surface area contributed by atoms with Gasteiger partial charge in [0.2, 0.25) is 0 Å². The first-order valence-electron chi connectivity index (χ1n) is 7.11. The summed E-state index contributed by atoms with van der Waals surface area (Å²) < 4.78 is 7.50. The Morgan fingerprint density at radius 1 is 1.05 bits per heavy atom. The Bertz CT molecular complexity index is 488. The molecule has 0 fully saturated rings. The third-order valence-corrected chi connectivity index (χ3v) is 3.00. The average molecular weight is 258 g/mol. The molecular formula is C16H22N2O. The van der Waals surface area contributed by atoms with Crippen LogP contribution in [-0.4, -0.2) is 16.4 Å². The highest BCUT2D eigenvalue weighted by Gasteiger charge is 2.01. The Morgan fingerprint density at radius 3 is 2.53 bits per heavy atom. The first-order valence-corrected chi connectivity index (χ1v) is 7.11. The van der Waals surface area contributed by atoms with Crippen molar-refractivity contribution in [2.45, 2.75) is 39.5 Å². The zero-order valence-corrected chi connectivity index (χ0v) is 11.8. The third kappa shape index (κ3) is 3.85. The molecule has 0 N–H and O–H groups in total. The summed E-state index contributed by atoms with van der Waals surface area (Å²) in [6.07, 6.45) is 6.51. The molecule has 0 amide bonds. The molecule has 3 nitrogen and oxygen atoms in total. The monoisotopic (exact) mass is 258 g/mol. The Hall–Kier alpha value is -1.77. The Kier molecular flexibility index (Phi) is 5.01. The van der Waals surface area contributed by atoms with Crippen LogP contribution in [0.2, 0.25) is 0 Å². The van der Waals surface area contributed by atoms with Gasteiger partial charge in [-0.25, -0.2) is 4.68 Å². The smallest absolute Gasteiger partial charge is 0.119 e. The molecule has 19 heavy (non-hydrogen) atoms. The largest absolute Gasteiger partial charge is 0.494 e. The van der Waals surface area contributed by atoms with Crippen LogP contribution in [0.1, 0.15) is 38.8 Å². The van der Waals surface area contributed by atoms with Gasteiger partial charge >= 0.3 is 0 Å². The van der Waals surface area contributed by atoms with Crippen molar-refractivity contribution in [2.75, 3.05) is 6.61 Å². The van der Waals surface area contributed by atoms with Gasteiger partial charge in [-0.2, -0.15) is 5.10 Å². The fourth-order valence-corrected chi connectivity index (χ4v) is 1.91. The molecule has 1 heterocycles. The molecule has 0 aliphatic carbocycles. The maximum atomic E-state index is 5.57. The van der Waals surface area contributed by atoms with Crippen molar-refractivity contribution >= 4 is 0 Å². The van der Waals surface area contributed by atoms with Crippen LogP contribution >= 0.6 is 0 Å². The number of ether oxygens (including phenoxy) is 1. The van der Waals surface area contributed by atoms with Crippen molar-refractivity contribution in [3.05, 3.63) is 42.2 Å². The molecule has 0 aliphatic heterocycles. The first-order chi connectivity index (χ1) is 9.33. The second-order valence-electron chi connectivity index (χ2n) is 4.70. The first kappa shape index (κ1) is 13.7. The number of hydrogen-bond acceptors (Lipinski definition) is 2.